The number of amides is 1. The van der Waals surface area contributed by atoms with Crippen LogP contribution in [0, 0.1) is 13.8 Å². The van der Waals surface area contributed by atoms with Gasteiger partial charge in [-0.2, -0.15) is 4.31 Å². The Hall–Kier alpha value is -2.26. The van der Waals surface area contributed by atoms with Crippen LogP contribution in [0.15, 0.2) is 53.4 Å². The molecule has 0 aromatic heterocycles. The molecule has 2 aliphatic rings. The maximum atomic E-state index is 13.1. The molecular weight excluding hydrogens is 438 g/mol. The molecule has 0 radical (unpaired) electrons. The van der Waals surface area contributed by atoms with Crippen molar-refractivity contribution in [1.29, 1.82) is 0 Å². The molecule has 178 valence electrons. The fourth-order valence-corrected chi connectivity index (χ4v) is 6.02. The van der Waals surface area contributed by atoms with E-state index in [0.29, 0.717) is 50.7 Å². The number of sulfonamides is 1. The summed E-state index contributed by atoms with van der Waals surface area (Å²) in [5.41, 5.74) is 3.14. The Balaban J connectivity index is 1.34. The molecule has 0 aliphatic carbocycles. The van der Waals surface area contributed by atoms with E-state index in [1.54, 1.807) is 17.0 Å². The Labute approximate surface area is 197 Å². The Morgan fingerprint density at radius 3 is 2.33 bits per heavy atom. The summed E-state index contributed by atoms with van der Waals surface area (Å²) < 4.78 is 33.7. The molecule has 2 aliphatic heterocycles. The minimum atomic E-state index is -3.55. The van der Waals surface area contributed by atoms with Gasteiger partial charge in [-0.05, 0) is 49.6 Å². The van der Waals surface area contributed by atoms with Crippen LogP contribution < -0.4 is 0 Å². The zero-order valence-electron chi connectivity index (χ0n) is 19.6. The lowest BCUT2D eigenvalue weighted by molar-refractivity contribution is -0.137. The van der Waals surface area contributed by atoms with E-state index in [-0.39, 0.29) is 18.1 Å². The van der Waals surface area contributed by atoms with Gasteiger partial charge >= 0.3 is 0 Å². The van der Waals surface area contributed by atoms with E-state index in [1.807, 2.05) is 45.0 Å². The van der Waals surface area contributed by atoms with Crippen molar-refractivity contribution in [2.75, 3.05) is 45.8 Å². The minimum Gasteiger partial charge on any atom is -0.368 e. The first-order valence-electron chi connectivity index (χ1n) is 11.5. The summed E-state index contributed by atoms with van der Waals surface area (Å²) in [6, 6.07) is 15.3. The van der Waals surface area contributed by atoms with Gasteiger partial charge in [0.1, 0.15) is 0 Å². The smallest absolute Gasteiger partial charge is 0.243 e. The summed E-state index contributed by atoms with van der Waals surface area (Å²) in [4.78, 5) is 17.2. The average Bonchev–Trinajstić information content (AvgIpc) is 2.81. The highest BCUT2D eigenvalue weighted by molar-refractivity contribution is 7.89. The van der Waals surface area contributed by atoms with E-state index in [2.05, 4.69) is 17.0 Å². The fraction of sp³-hybridized carbons (Fsp3) is 0.480. The maximum Gasteiger partial charge on any atom is 0.243 e. The first-order valence-corrected chi connectivity index (χ1v) is 13.0. The van der Waals surface area contributed by atoms with Crippen LogP contribution in [0.4, 0.5) is 0 Å². The van der Waals surface area contributed by atoms with E-state index in [0.717, 1.165) is 16.7 Å². The van der Waals surface area contributed by atoms with Crippen molar-refractivity contribution < 1.29 is 17.9 Å². The van der Waals surface area contributed by atoms with E-state index in [1.165, 1.54) is 4.31 Å². The number of ether oxygens (including phenoxy) is 1. The zero-order valence-corrected chi connectivity index (χ0v) is 20.4. The molecule has 2 saturated heterocycles. The minimum absolute atomic E-state index is 0.0386. The second kappa shape index (κ2) is 9.93. The number of aryl methyl sites for hydroxylation is 2. The van der Waals surface area contributed by atoms with Crippen LogP contribution in [0.25, 0.3) is 0 Å². The van der Waals surface area contributed by atoms with Gasteiger partial charge in [0.25, 0.3) is 0 Å². The molecule has 2 aromatic carbocycles. The van der Waals surface area contributed by atoms with Crippen LogP contribution in [-0.4, -0.2) is 80.3 Å². The van der Waals surface area contributed by atoms with E-state index >= 15 is 0 Å². The van der Waals surface area contributed by atoms with Crippen molar-refractivity contribution in [3.63, 3.8) is 0 Å². The van der Waals surface area contributed by atoms with Crippen molar-refractivity contribution in [3.05, 3.63) is 65.2 Å². The van der Waals surface area contributed by atoms with Gasteiger partial charge in [-0.1, -0.05) is 36.4 Å². The van der Waals surface area contributed by atoms with Crippen LogP contribution in [0.5, 0.6) is 0 Å². The lowest BCUT2D eigenvalue weighted by Gasteiger charge is -2.39. The number of benzene rings is 2. The van der Waals surface area contributed by atoms with Crippen LogP contribution in [0.2, 0.25) is 0 Å². The van der Waals surface area contributed by atoms with E-state index < -0.39 is 10.0 Å². The number of carbonyl (C=O) groups excluding carboxylic acids is 1. The molecule has 0 N–H and O–H groups in total. The summed E-state index contributed by atoms with van der Waals surface area (Å²) in [7, 11) is -3.55. The molecule has 2 unspecified atom stereocenters. The van der Waals surface area contributed by atoms with Gasteiger partial charge in [0.05, 0.1) is 23.6 Å². The van der Waals surface area contributed by atoms with Crippen molar-refractivity contribution in [2.24, 2.45) is 0 Å². The predicted octanol–water partition coefficient (Wildman–Crippen LogP) is 2.60. The maximum absolute atomic E-state index is 13.1. The molecule has 2 aromatic rings. The van der Waals surface area contributed by atoms with E-state index in [9.17, 15) is 13.2 Å². The van der Waals surface area contributed by atoms with Crippen LogP contribution >= 0.6 is 0 Å². The molecule has 4 rings (SSSR count). The summed E-state index contributed by atoms with van der Waals surface area (Å²) in [6.45, 7) is 9.05. The van der Waals surface area contributed by atoms with Gasteiger partial charge in [-0.25, -0.2) is 8.42 Å². The molecule has 1 amide bonds. The molecule has 2 atom stereocenters. The lowest BCUT2D eigenvalue weighted by atomic mass is 10.1. The van der Waals surface area contributed by atoms with Gasteiger partial charge in [0.2, 0.25) is 15.9 Å². The monoisotopic (exact) mass is 471 g/mol. The van der Waals surface area contributed by atoms with Crippen LogP contribution in [0.3, 0.4) is 0 Å². The number of nitrogens with zero attached hydrogens (tertiary/aromatic N) is 3. The first kappa shape index (κ1) is 23.9. The number of hydrogen-bond donors (Lipinski definition) is 0. The lowest BCUT2D eigenvalue weighted by Crippen LogP contribution is -2.54. The van der Waals surface area contributed by atoms with Crippen LogP contribution in [-0.2, 0) is 19.6 Å². The number of hydrogen-bond acceptors (Lipinski definition) is 5. The second-order valence-electron chi connectivity index (χ2n) is 9.07. The highest BCUT2D eigenvalue weighted by atomic mass is 32.2. The molecule has 0 saturated carbocycles. The summed E-state index contributed by atoms with van der Waals surface area (Å²) in [5, 5.41) is 0. The first-order chi connectivity index (χ1) is 15.7. The van der Waals surface area contributed by atoms with E-state index in [4.69, 9.17) is 4.74 Å². The normalized spacial score (nSPS) is 22.9. The number of carbonyl (C=O) groups is 1. The Morgan fingerprint density at radius 2 is 1.67 bits per heavy atom. The van der Waals surface area contributed by atoms with Gasteiger partial charge in [-0.3, -0.25) is 9.69 Å². The van der Waals surface area contributed by atoms with Gasteiger partial charge in [0, 0.05) is 39.3 Å². The number of morpholine rings is 1. The molecule has 0 bridgehead atoms. The fourth-order valence-electron chi connectivity index (χ4n) is 4.51. The van der Waals surface area contributed by atoms with Gasteiger partial charge in [-0.15, -0.1) is 0 Å². The molecule has 8 heteroatoms. The Morgan fingerprint density at radius 1 is 0.970 bits per heavy atom. The molecule has 33 heavy (non-hydrogen) atoms. The largest absolute Gasteiger partial charge is 0.368 e. The average molecular weight is 472 g/mol. The summed E-state index contributed by atoms with van der Waals surface area (Å²) in [6.07, 6.45) is -0.0144. The van der Waals surface area contributed by atoms with Crippen molar-refractivity contribution >= 4 is 15.9 Å². The summed E-state index contributed by atoms with van der Waals surface area (Å²) >= 11 is 0. The molecule has 2 heterocycles. The molecular formula is C25H33N3O4S. The molecule has 7 nitrogen and oxygen atoms in total. The molecule has 2 fully saturated rings. The Bertz CT molecular complexity index is 1080. The van der Waals surface area contributed by atoms with Crippen molar-refractivity contribution in [2.45, 2.75) is 37.9 Å². The highest BCUT2D eigenvalue weighted by Gasteiger charge is 2.32. The van der Waals surface area contributed by atoms with Gasteiger partial charge in [0.15, 0.2) is 0 Å². The quantitative estimate of drug-likeness (QED) is 0.671. The zero-order chi connectivity index (χ0) is 23.6. The highest BCUT2D eigenvalue weighted by Crippen LogP contribution is 2.25. The Kier molecular flexibility index (Phi) is 7.19. The third kappa shape index (κ3) is 5.46. The molecule has 0 spiro atoms. The van der Waals surface area contributed by atoms with Crippen molar-refractivity contribution in [1.82, 2.24) is 14.1 Å². The third-order valence-electron chi connectivity index (χ3n) is 6.57. The number of piperazine rings is 1. The van der Waals surface area contributed by atoms with Crippen molar-refractivity contribution in [3.8, 4) is 0 Å². The van der Waals surface area contributed by atoms with Crippen LogP contribution in [0.1, 0.15) is 29.7 Å². The second-order valence-corrected chi connectivity index (χ2v) is 11.0. The SMILES string of the molecule is Cc1ccc(S(=O)(=O)N2CCN(C(=O)CN3CC(C)OC(c4ccccc4)C3)CC2)cc1C. The number of rotatable bonds is 5. The topological polar surface area (TPSA) is 70.2 Å². The third-order valence-corrected chi connectivity index (χ3v) is 8.47. The standard InChI is InChI=1S/C25H33N3O4S/c1-19-9-10-23(15-20(19)2)33(30,31)28-13-11-27(12-14-28)25(29)18-26-16-21(3)32-24(17-26)22-7-5-4-6-8-22/h4-10,15,21,24H,11-14,16-18H2,1-3H3. The van der Waals surface area contributed by atoms with Gasteiger partial charge < -0.3 is 9.64 Å². The summed E-state index contributed by atoms with van der Waals surface area (Å²) in [5.74, 6) is 0.0409. The predicted molar refractivity (Wildman–Crippen MR) is 127 cm³/mol.